The molecule has 0 aliphatic carbocycles. The molecule has 0 radical (unpaired) electrons. The van der Waals surface area contributed by atoms with Gasteiger partial charge in [0.25, 0.3) is 6.85 Å². The molecule has 2 aliphatic heterocycles. The zero-order valence-electron chi connectivity index (χ0n) is 21.1. The minimum atomic E-state index is -0.0892. The molecule has 4 aromatic carbocycles. The molecule has 0 bridgehead atoms. The third-order valence-corrected chi connectivity index (χ3v) is 7.67. The van der Waals surface area contributed by atoms with E-state index in [1.165, 1.54) is 33.6 Å². The first-order chi connectivity index (χ1) is 18.8. The molecule has 39 heavy (non-hydrogen) atoms. The van der Waals surface area contributed by atoms with Crippen LogP contribution < -0.4 is 15.7 Å². The van der Waals surface area contributed by atoms with Gasteiger partial charge in [-0.15, -0.1) is 69.6 Å². The summed E-state index contributed by atoms with van der Waals surface area (Å²) in [6.07, 6.45) is 5.65. The smallest absolute Gasteiger partial charge is 0.380 e. The standard InChI is InChI=1S/C33H21BN4.Pd/c1-37-19-18-36-33(37)23-14-16-25-27-9-3-5-12-32(27)38-31-11-4-2-8-26(31)24-15-13-22(30-10-6-7-17-35-30)20-28(24)34(38)29(25)21-23;/h2-19H,1H3;/q-2;+2. The topological polar surface area (TPSA) is 34.0 Å². The molecular weight excluding hydrogens is 570 g/mol. The molecule has 6 aromatic rings. The van der Waals surface area contributed by atoms with Crippen LogP contribution in [0.1, 0.15) is 0 Å². The zero-order chi connectivity index (χ0) is 25.2. The number of benzene rings is 4. The molecule has 8 rings (SSSR count). The fraction of sp³-hybridized carbons (Fsp3) is 0.0303. The van der Waals surface area contributed by atoms with Gasteiger partial charge in [0.1, 0.15) is 0 Å². The van der Waals surface area contributed by atoms with Crippen molar-refractivity contribution in [1.29, 1.82) is 0 Å². The average Bonchev–Trinajstić information content (AvgIpc) is 3.42. The second-order valence-electron chi connectivity index (χ2n) is 9.78. The molecule has 186 valence electrons. The van der Waals surface area contributed by atoms with E-state index >= 15 is 0 Å². The van der Waals surface area contributed by atoms with E-state index in [4.69, 9.17) is 0 Å². The molecule has 0 saturated heterocycles. The van der Waals surface area contributed by atoms with Gasteiger partial charge in [-0.3, -0.25) is 4.98 Å². The van der Waals surface area contributed by atoms with Crippen molar-refractivity contribution < 1.29 is 20.4 Å². The Hall–Kier alpha value is -4.23. The molecule has 0 spiro atoms. The number of anilines is 2. The minimum absolute atomic E-state index is 0. The predicted molar refractivity (Wildman–Crippen MR) is 154 cm³/mol. The van der Waals surface area contributed by atoms with Gasteiger partial charge in [0, 0.05) is 37.0 Å². The number of imidazole rings is 1. The van der Waals surface area contributed by atoms with E-state index in [0.717, 1.165) is 33.6 Å². The molecule has 0 amide bonds. The normalized spacial score (nSPS) is 12.4. The SMILES string of the molecule is Cn1ccnc1-c1[c-]c2c(cc1)-c1ccccc1N1B2c2[c-]c(-c3ccccn3)ccc2-c2ccccc21.[Pd+2]. The van der Waals surface area contributed by atoms with Crippen molar-refractivity contribution >= 4 is 29.1 Å². The molecule has 0 N–H and O–H groups in total. The Labute approximate surface area is 241 Å². The van der Waals surface area contributed by atoms with Crippen molar-refractivity contribution in [3.63, 3.8) is 0 Å². The first kappa shape index (κ1) is 23.9. The first-order valence-electron chi connectivity index (χ1n) is 12.8. The summed E-state index contributed by atoms with van der Waals surface area (Å²) in [4.78, 5) is 11.7. The summed E-state index contributed by atoms with van der Waals surface area (Å²) in [6.45, 7) is -0.0892. The Bertz CT molecular complexity index is 1860. The quantitative estimate of drug-likeness (QED) is 0.193. The number of rotatable bonds is 2. The Balaban J connectivity index is 0.00000253. The molecule has 0 atom stereocenters. The maximum absolute atomic E-state index is 4.62. The van der Waals surface area contributed by atoms with Gasteiger partial charge in [0.2, 0.25) is 0 Å². The second-order valence-corrected chi connectivity index (χ2v) is 9.78. The van der Waals surface area contributed by atoms with E-state index in [0.29, 0.717) is 0 Å². The number of para-hydroxylation sites is 2. The van der Waals surface area contributed by atoms with Crippen LogP contribution in [0.15, 0.2) is 110 Å². The summed E-state index contributed by atoms with van der Waals surface area (Å²) >= 11 is 0. The molecule has 2 aromatic heterocycles. The maximum Gasteiger partial charge on any atom is 2.00 e. The molecule has 0 fully saturated rings. The summed E-state index contributed by atoms with van der Waals surface area (Å²) < 4.78 is 2.04. The number of fused-ring (bicyclic) bond motifs is 11. The molecule has 0 unspecified atom stereocenters. The van der Waals surface area contributed by atoms with Crippen LogP contribution in [0.3, 0.4) is 0 Å². The third-order valence-electron chi connectivity index (χ3n) is 7.67. The van der Waals surface area contributed by atoms with Crippen LogP contribution in [0.5, 0.6) is 0 Å². The third kappa shape index (κ3) is 3.57. The monoisotopic (exact) mass is 590 g/mol. The zero-order valence-corrected chi connectivity index (χ0v) is 22.6. The van der Waals surface area contributed by atoms with Gasteiger partial charge in [-0.25, -0.2) is 0 Å². The van der Waals surface area contributed by atoms with Gasteiger partial charge in [0.15, 0.2) is 0 Å². The van der Waals surface area contributed by atoms with Crippen LogP contribution in [0.25, 0.3) is 44.9 Å². The predicted octanol–water partition coefficient (Wildman–Crippen LogP) is 5.65. The van der Waals surface area contributed by atoms with Crippen molar-refractivity contribution in [1.82, 2.24) is 14.5 Å². The number of nitrogens with zero attached hydrogens (tertiary/aromatic N) is 4. The Morgan fingerprint density at radius 3 is 1.85 bits per heavy atom. The van der Waals surface area contributed by atoms with Gasteiger partial charge >= 0.3 is 20.4 Å². The number of hydrogen-bond acceptors (Lipinski definition) is 3. The van der Waals surface area contributed by atoms with Crippen LogP contribution in [0.4, 0.5) is 11.4 Å². The number of hydrogen-bond donors (Lipinski definition) is 0. The van der Waals surface area contributed by atoms with Gasteiger partial charge < -0.3 is 14.4 Å². The van der Waals surface area contributed by atoms with Crippen molar-refractivity contribution in [3.8, 4) is 44.9 Å². The Morgan fingerprint density at radius 2 is 1.23 bits per heavy atom. The Morgan fingerprint density at radius 1 is 0.615 bits per heavy atom. The maximum atomic E-state index is 4.62. The summed E-state index contributed by atoms with van der Waals surface area (Å²) in [6, 6.07) is 39.7. The van der Waals surface area contributed by atoms with E-state index in [1.807, 2.05) is 48.4 Å². The molecule has 4 heterocycles. The van der Waals surface area contributed by atoms with Crippen molar-refractivity contribution in [3.05, 3.63) is 122 Å². The van der Waals surface area contributed by atoms with Crippen molar-refractivity contribution in [2.45, 2.75) is 0 Å². The van der Waals surface area contributed by atoms with Crippen molar-refractivity contribution in [2.75, 3.05) is 4.81 Å². The van der Waals surface area contributed by atoms with Crippen LogP contribution >= 0.6 is 0 Å². The van der Waals surface area contributed by atoms with E-state index < -0.39 is 0 Å². The number of aryl methyl sites for hydroxylation is 1. The van der Waals surface area contributed by atoms with Gasteiger partial charge in [0.05, 0.1) is 5.82 Å². The van der Waals surface area contributed by atoms with Gasteiger partial charge in [-0.05, 0) is 35.0 Å². The number of aromatic nitrogens is 3. The fourth-order valence-electron chi connectivity index (χ4n) is 5.98. The Kier molecular flexibility index (Phi) is 5.63. The molecule has 6 heteroatoms. The van der Waals surface area contributed by atoms with Gasteiger partial charge in [-0.1, -0.05) is 48.5 Å². The molecule has 0 saturated carbocycles. The van der Waals surface area contributed by atoms with E-state index in [2.05, 4.69) is 99.7 Å². The largest absolute Gasteiger partial charge is 2.00 e. The summed E-state index contributed by atoms with van der Waals surface area (Å²) in [5, 5.41) is 0. The summed E-state index contributed by atoms with van der Waals surface area (Å²) in [5.41, 5.74) is 12.4. The van der Waals surface area contributed by atoms with Crippen LogP contribution in [0.2, 0.25) is 0 Å². The molecule has 4 nitrogen and oxygen atoms in total. The van der Waals surface area contributed by atoms with E-state index in [-0.39, 0.29) is 27.3 Å². The minimum Gasteiger partial charge on any atom is -0.380 e. The second kappa shape index (κ2) is 9.20. The van der Waals surface area contributed by atoms with Crippen LogP contribution in [0, 0.1) is 12.1 Å². The molecular formula is C33H21BN4Pd. The summed E-state index contributed by atoms with van der Waals surface area (Å²) in [7, 11) is 2.02. The summed E-state index contributed by atoms with van der Waals surface area (Å²) in [5.74, 6) is 0.904. The van der Waals surface area contributed by atoms with Gasteiger partial charge in [-0.2, -0.15) is 0 Å². The first-order valence-corrected chi connectivity index (χ1v) is 12.8. The number of pyridine rings is 1. The van der Waals surface area contributed by atoms with E-state index in [9.17, 15) is 0 Å². The van der Waals surface area contributed by atoms with E-state index in [1.54, 1.807) is 0 Å². The average molecular weight is 591 g/mol. The van der Waals surface area contributed by atoms with Crippen LogP contribution in [-0.2, 0) is 27.5 Å². The molecule has 2 aliphatic rings. The fourth-order valence-corrected chi connectivity index (χ4v) is 5.98. The van der Waals surface area contributed by atoms with Crippen molar-refractivity contribution in [2.24, 2.45) is 7.05 Å². The van der Waals surface area contributed by atoms with Crippen LogP contribution in [-0.4, -0.2) is 21.4 Å².